The van der Waals surface area contributed by atoms with E-state index in [1.807, 2.05) is 17.0 Å². The molecular weight excluding hydrogens is 306 g/mol. The van der Waals surface area contributed by atoms with Crippen LogP contribution in [0.5, 0.6) is 0 Å². The number of carbonyl (C=O) groups is 2. The number of carbonyl (C=O) groups excluding carboxylic acids is 2. The summed E-state index contributed by atoms with van der Waals surface area (Å²) in [5.41, 5.74) is 2.56. The van der Waals surface area contributed by atoms with E-state index >= 15 is 0 Å². The molecule has 0 saturated heterocycles. The lowest BCUT2D eigenvalue weighted by Gasteiger charge is -2.28. The lowest BCUT2D eigenvalue weighted by atomic mass is 10.2. The maximum absolute atomic E-state index is 12.3. The fourth-order valence-corrected chi connectivity index (χ4v) is 3.04. The summed E-state index contributed by atoms with van der Waals surface area (Å²) >= 11 is 0. The minimum Gasteiger partial charge on any atom is -0.381 e. The Kier molecular flexibility index (Phi) is 4.94. The number of ketones is 1. The summed E-state index contributed by atoms with van der Waals surface area (Å²) in [5.74, 6) is 0.137. The molecule has 0 radical (unpaired) electrons. The second-order valence-electron chi connectivity index (χ2n) is 6.16. The van der Waals surface area contributed by atoms with Crippen molar-refractivity contribution in [2.45, 2.75) is 39.8 Å². The summed E-state index contributed by atoms with van der Waals surface area (Å²) in [6.07, 6.45) is 3.01. The molecule has 6 heteroatoms. The lowest BCUT2D eigenvalue weighted by molar-refractivity contribution is -0.133. The fourth-order valence-electron chi connectivity index (χ4n) is 3.04. The van der Waals surface area contributed by atoms with Crippen LogP contribution in [-0.2, 0) is 22.6 Å². The third-order valence-electron chi connectivity index (χ3n) is 4.33. The van der Waals surface area contributed by atoms with Gasteiger partial charge >= 0.3 is 0 Å². The summed E-state index contributed by atoms with van der Waals surface area (Å²) in [7, 11) is 0. The average Bonchev–Trinajstić information content (AvgIpc) is 2.95. The third kappa shape index (κ3) is 3.33. The molecule has 0 bridgehead atoms. The standard InChI is InChI=1S/C18H23N3O3/c1-3-7-24-8-4-17(23)20-5-6-21-16(12-20)10-14-9-15(13(2)22)11-19-18(14)21/h9-11H,3-8,12H2,1-2H3. The molecular formula is C18H23N3O3. The predicted octanol–water partition coefficient (Wildman–Crippen LogP) is 2.40. The van der Waals surface area contributed by atoms with E-state index in [-0.39, 0.29) is 11.7 Å². The molecule has 0 unspecified atom stereocenters. The van der Waals surface area contributed by atoms with E-state index in [2.05, 4.69) is 16.5 Å². The van der Waals surface area contributed by atoms with Crippen molar-refractivity contribution in [2.24, 2.45) is 0 Å². The van der Waals surface area contributed by atoms with Crippen LogP contribution < -0.4 is 0 Å². The van der Waals surface area contributed by atoms with Crippen LogP contribution in [0.1, 0.15) is 42.7 Å². The van der Waals surface area contributed by atoms with Crippen molar-refractivity contribution >= 4 is 22.7 Å². The van der Waals surface area contributed by atoms with Gasteiger partial charge < -0.3 is 14.2 Å². The van der Waals surface area contributed by atoms with Gasteiger partial charge in [-0.25, -0.2) is 4.98 Å². The van der Waals surface area contributed by atoms with E-state index < -0.39 is 0 Å². The lowest BCUT2D eigenvalue weighted by Crippen LogP contribution is -2.38. The molecule has 0 aliphatic carbocycles. The van der Waals surface area contributed by atoms with Crippen LogP contribution in [0.4, 0.5) is 0 Å². The number of amides is 1. The Balaban J connectivity index is 1.72. The monoisotopic (exact) mass is 329 g/mol. The van der Waals surface area contributed by atoms with Gasteiger partial charge in [-0.05, 0) is 25.5 Å². The molecule has 2 aromatic heterocycles. The Morgan fingerprint density at radius 2 is 2.08 bits per heavy atom. The Hall–Kier alpha value is -2.21. The van der Waals surface area contributed by atoms with Gasteiger partial charge in [-0.15, -0.1) is 0 Å². The summed E-state index contributed by atoms with van der Waals surface area (Å²) in [6, 6.07) is 3.91. The summed E-state index contributed by atoms with van der Waals surface area (Å²) < 4.78 is 7.54. The quantitative estimate of drug-likeness (QED) is 0.603. The molecule has 6 nitrogen and oxygen atoms in total. The zero-order chi connectivity index (χ0) is 17.1. The second kappa shape index (κ2) is 7.13. The topological polar surface area (TPSA) is 64.4 Å². The summed E-state index contributed by atoms with van der Waals surface area (Å²) in [4.78, 5) is 30.1. The molecule has 0 aromatic carbocycles. The second-order valence-corrected chi connectivity index (χ2v) is 6.16. The molecule has 3 rings (SSSR count). The zero-order valence-corrected chi connectivity index (χ0v) is 14.2. The van der Waals surface area contributed by atoms with Crippen molar-refractivity contribution in [3.63, 3.8) is 0 Å². The third-order valence-corrected chi connectivity index (χ3v) is 4.33. The van der Waals surface area contributed by atoms with E-state index in [4.69, 9.17) is 4.74 Å². The average molecular weight is 329 g/mol. The highest BCUT2D eigenvalue weighted by atomic mass is 16.5. The van der Waals surface area contributed by atoms with Crippen LogP contribution in [0.3, 0.4) is 0 Å². The number of hydrogen-bond donors (Lipinski definition) is 0. The van der Waals surface area contributed by atoms with E-state index in [1.54, 1.807) is 13.1 Å². The molecule has 0 fully saturated rings. The van der Waals surface area contributed by atoms with Crippen LogP contribution in [0.25, 0.3) is 11.0 Å². The first-order valence-corrected chi connectivity index (χ1v) is 8.44. The van der Waals surface area contributed by atoms with E-state index in [9.17, 15) is 9.59 Å². The smallest absolute Gasteiger partial charge is 0.225 e. The Morgan fingerprint density at radius 1 is 1.25 bits per heavy atom. The summed E-state index contributed by atoms with van der Waals surface area (Å²) in [5, 5.41) is 0.957. The molecule has 2 aromatic rings. The fraction of sp³-hybridized carbons (Fsp3) is 0.500. The molecule has 3 heterocycles. The highest BCUT2D eigenvalue weighted by Crippen LogP contribution is 2.24. The maximum atomic E-state index is 12.3. The zero-order valence-electron chi connectivity index (χ0n) is 14.2. The van der Waals surface area contributed by atoms with E-state index in [0.717, 1.165) is 29.7 Å². The largest absolute Gasteiger partial charge is 0.381 e. The van der Waals surface area contributed by atoms with E-state index in [0.29, 0.717) is 38.3 Å². The SMILES string of the molecule is CCCOCCC(=O)N1CCn2c(cc3cc(C(C)=O)cnc32)C1. The number of rotatable bonds is 6. The summed E-state index contributed by atoms with van der Waals surface area (Å²) in [6.45, 7) is 6.77. The van der Waals surface area contributed by atoms with Gasteiger partial charge in [0.05, 0.1) is 19.6 Å². The Morgan fingerprint density at radius 3 is 2.83 bits per heavy atom. The molecule has 24 heavy (non-hydrogen) atoms. The minimum atomic E-state index is 0.0115. The molecule has 1 amide bonds. The van der Waals surface area contributed by atoms with Crippen LogP contribution in [0.15, 0.2) is 18.3 Å². The predicted molar refractivity (Wildman–Crippen MR) is 90.9 cm³/mol. The normalized spacial score (nSPS) is 14.0. The van der Waals surface area contributed by atoms with Crippen LogP contribution >= 0.6 is 0 Å². The van der Waals surface area contributed by atoms with Crippen LogP contribution in [0.2, 0.25) is 0 Å². The number of pyridine rings is 1. The van der Waals surface area contributed by atoms with Gasteiger partial charge in [-0.2, -0.15) is 0 Å². The molecule has 0 spiro atoms. The highest BCUT2D eigenvalue weighted by molar-refractivity contribution is 5.97. The molecule has 0 saturated carbocycles. The van der Waals surface area contributed by atoms with Crippen LogP contribution in [-0.4, -0.2) is 45.9 Å². The molecule has 1 aliphatic rings. The molecule has 0 N–H and O–H groups in total. The molecule has 1 aliphatic heterocycles. The number of fused-ring (bicyclic) bond motifs is 3. The van der Waals surface area contributed by atoms with Gasteiger partial charge in [-0.3, -0.25) is 9.59 Å². The minimum absolute atomic E-state index is 0.0115. The maximum Gasteiger partial charge on any atom is 0.225 e. The highest BCUT2D eigenvalue weighted by Gasteiger charge is 2.22. The van der Waals surface area contributed by atoms with Gasteiger partial charge in [0.1, 0.15) is 5.65 Å². The van der Waals surface area contributed by atoms with Crippen LogP contribution in [0, 0.1) is 0 Å². The van der Waals surface area contributed by atoms with Gasteiger partial charge in [0, 0.05) is 42.5 Å². The Bertz CT molecular complexity index is 766. The van der Waals surface area contributed by atoms with Gasteiger partial charge in [0.15, 0.2) is 5.78 Å². The van der Waals surface area contributed by atoms with Gasteiger partial charge in [0.2, 0.25) is 5.91 Å². The number of Topliss-reactive ketones (excluding diaryl/α,β-unsaturated/α-hetero) is 1. The van der Waals surface area contributed by atoms with Crippen molar-refractivity contribution in [3.8, 4) is 0 Å². The number of ether oxygens (including phenoxy) is 1. The number of nitrogens with zero attached hydrogens (tertiary/aromatic N) is 3. The van der Waals surface area contributed by atoms with Crippen molar-refractivity contribution < 1.29 is 14.3 Å². The van der Waals surface area contributed by atoms with E-state index in [1.165, 1.54) is 0 Å². The number of aromatic nitrogens is 2. The van der Waals surface area contributed by atoms with Crippen molar-refractivity contribution in [2.75, 3.05) is 19.8 Å². The molecule has 128 valence electrons. The Labute approximate surface area is 141 Å². The first-order valence-electron chi connectivity index (χ1n) is 8.44. The first kappa shape index (κ1) is 16.6. The van der Waals surface area contributed by atoms with Crippen molar-refractivity contribution in [1.82, 2.24) is 14.5 Å². The van der Waals surface area contributed by atoms with Crippen molar-refractivity contribution in [1.29, 1.82) is 0 Å². The van der Waals surface area contributed by atoms with Crippen molar-refractivity contribution in [3.05, 3.63) is 29.6 Å². The number of hydrogen-bond acceptors (Lipinski definition) is 4. The van der Waals surface area contributed by atoms with Gasteiger partial charge in [0.25, 0.3) is 0 Å². The molecule has 0 atom stereocenters. The van der Waals surface area contributed by atoms with Gasteiger partial charge in [-0.1, -0.05) is 6.92 Å². The first-order chi connectivity index (χ1) is 11.6.